The van der Waals surface area contributed by atoms with Crippen LogP contribution in [0.15, 0.2) is 18.2 Å². The number of aromatic hydroxyl groups is 1. The van der Waals surface area contributed by atoms with E-state index in [1.54, 1.807) is 11.0 Å². The zero-order chi connectivity index (χ0) is 22.3. The molecule has 1 aromatic carbocycles. The van der Waals surface area contributed by atoms with Gasteiger partial charge in [0.1, 0.15) is 11.4 Å². The van der Waals surface area contributed by atoms with E-state index >= 15 is 0 Å². The lowest BCUT2D eigenvalue weighted by Crippen LogP contribution is -2.51. The number of rotatable bonds is 2. The van der Waals surface area contributed by atoms with E-state index in [4.69, 9.17) is 4.74 Å². The maximum atomic E-state index is 12.4. The predicted molar refractivity (Wildman–Crippen MR) is 122 cm³/mol. The number of nitrogens with zero attached hydrogens (tertiary/aromatic N) is 2. The molecular weight excluding hydrogens is 376 g/mol. The highest BCUT2D eigenvalue weighted by atomic mass is 16.6. The van der Waals surface area contributed by atoms with Crippen molar-refractivity contribution >= 4 is 11.8 Å². The van der Waals surface area contributed by atoms with Crippen LogP contribution in [0, 0.1) is 11.3 Å². The molecule has 1 heterocycles. The molecule has 1 N–H and O–H groups in total. The van der Waals surface area contributed by atoms with Crippen LogP contribution in [0.5, 0.6) is 5.75 Å². The van der Waals surface area contributed by atoms with Gasteiger partial charge in [0.25, 0.3) is 0 Å². The number of benzene rings is 1. The van der Waals surface area contributed by atoms with E-state index in [9.17, 15) is 9.90 Å². The fourth-order valence-electron chi connectivity index (χ4n) is 5.11. The average Bonchev–Trinajstić information content (AvgIpc) is 2.63. The van der Waals surface area contributed by atoms with E-state index in [0.29, 0.717) is 30.2 Å². The van der Waals surface area contributed by atoms with Crippen molar-refractivity contribution in [2.75, 3.05) is 31.1 Å². The molecule has 30 heavy (non-hydrogen) atoms. The second-order valence-corrected chi connectivity index (χ2v) is 11.3. The number of piperazine rings is 1. The Morgan fingerprint density at radius 2 is 1.73 bits per heavy atom. The minimum absolute atomic E-state index is 0.0336. The van der Waals surface area contributed by atoms with Crippen LogP contribution in [0.3, 0.4) is 0 Å². The molecule has 1 aliphatic heterocycles. The lowest BCUT2D eigenvalue weighted by Gasteiger charge is -2.48. The van der Waals surface area contributed by atoms with Crippen LogP contribution >= 0.6 is 0 Å². The number of amides is 1. The van der Waals surface area contributed by atoms with Crippen molar-refractivity contribution in [1.29, 1.82) is 0 Å². The topological polar surface area (TPSA) is 53.0 Å². The van der Waals surface area contributed by atoms with E-state index in [1.165, 1.54) is 24.1 Å². The van der Waals surface area contributed by atoms with Crippen LogP contribution < -0.4 is 4.90 Å². The van der Waals surface area contributed by atoms with E-state index in [0.717, 1.165) is 19.5 Å². The van der Waals surface area contributed by atoms with Crippen LogP contribution in [-0.2, 0) is 10.2 Å². The van der Waals surface area contributed by atoms with Gasteiger partial charge in [0, 0.05) is 31.9 Å². The fraction of sp³-hybridized carbons (Fsp3) is 0.720. The Morgan fingerprint density at radius 1 is 1.10 bits per heavy atom. The molecule has 0 radical (unpaired) electrons. The Hall–Kier alpha value is -1.91. The lowest BCUT2D eigenvalue weighted by atomic mass is 9.57. The van der Waals surface area contributed by atoms with Gasteiger partial charge in [0.2, 0.25) is 0 Å². The summed E-state index contributed by atoms with van der Waals surface area (Å²) in [5.41, 5.74) is 2.38. The van der Waals surface area contributed by atoms with Crippen molar-refractivity contribution in [2.45, 2.75) is 78.7 Å². The second-order valence-electron chi connectivity index (χ2n) is 11.3. The van der Waals surface area contributed by atoms with Crippen LogP contribution in [0.25, 0.3) is 0 Å². The largest absolute Gasteiger partial charge is 0.508 e. The molecule has 1 amide bonds. The third-order valence-electron chi connectivity index (χ3n) is 7.14. The third-order valence-corrected chi connectivity index (χ3v) is 7.14. The van der Waals surface area contributed by atoms with E-state index < -0.39 is 5.60 Å². The van der Waals surface area contributed by atoms with Gasteiger partial charge in [-0.25, -0.2) is 4.79 Å². The summed E-state index contributed by atoms with van der Waals surface area (Å²) in [6.07, 6.45) is 3.26. The summed E-state index contributed by atoms with van der Waals surface area (Å²) >= 11 is 0. The maximum Gasteiger partial charge on any atom is 0.410 e. The van der Waals surface area contributed by atoms with Crippen LogP contribution in [0.2, 0.25) is 0 Å². The van der Waals surface area contributed by atoms with E-state index in [-0.39, 0.29) is 11.5 Å². The van der Waals surface area contributed by atoms with Crippen molar-refractivity contribution in [3.63, 3.8) is 0 Å². The summed E-state index contributed by atoms with van der Waals surface area (Å²) in [6.45, 7) is 18.0. The van der Waals surface area contributed by atoms with Crippen molar-refractivity contribution < 1.29 is 14.6 Å². The van der Waals surface area contributed by atoms with Crippen LogP contribution in [-0.4, -0.2) is 47.9 Å². The molecule has 2 atom stereocenters. The Bertz CT molecular complexity index is 775. The zero-order valence-corrected chi connectivity index (χ0v) is 19.9. The Morgan fingerprint density at radius 3 is 2.30 bits per heavy atom. The number of carbonyl (C=O) groups is 1. The lowest BCUT2D eigenvalue weighted by molar-refractivity contribution is 0.0240. The quantitative estimate of drug-likeness (QED) is 0.686. The van der Waals surface area contributed by atoms with Crippen molar-refractivity contribution in [1.82, 2.24) is 4.90 Å². The molecule has 5 nitrogen and oxygen atoms in total. The number of phenolic OH excluding ortho intramolecular Hbond substituents is 1. The number of carbonyl (C=O) groups excluding carboxylic acids is 1. The van der Waals surface area contributed by atoms with Gasteiger partial charge in [-0.2, -0.15) is 0 Å². The molecular formula is C25H40N2O3. The molecule has 0 bridgehead atoms. The first-order valence-corrected chi connectivity index (χ1v) is 11.4. The first-order valence-electron chi connectivity index (χ1n) is 11.4. The third kappa shape index (κ3) is 4.87. The summed E-state index contributed by atoms with van der Waals surface area (Å²) in [5.74, 6) is 0.865. The molecule has 2 aliphatic rings. The van der Waals surface area contributed by atoms with Gasteiger partial charge >= 0.3 is 6.09 Å². The highest BCUT2D eigenvalue weighted by Gasteiger charge is 2.43. The average molecular weight is 417 g/mol. The summed E-state index contributed by atoms with van der Waals surface area (Å²) in [5, 5.41) is 10.3. The van der Waals surface area contributed by atoms with Gasteiger partial charge in [-0.05, 0) is 80.5 Å². The minimum Gasteiger partial charge on any atom is -0.508 e. The number of hydrogen-bond acceptors (Lipinski definition) is 4. The van der Waals surface area contributed by atoms with Gasteiger partial charge in [0.05, 0.1) is 0 Å². The first kappa shape index (κ1) is 22.8. The van der Waals surface area contributed by atoms with Crippen LogP contribution in [0.4, 0.5) is 10.5 Å². The minimum atomic E-state index is -0.474. The number of phenols is 1. The second kappa shape index (κ2) is 7.97. The Labute approximate surface area is 182 Å². The molecule has 0 aromatic heterocycles. The molecule has 2 fully saturated rings. The molecule has 1 aliphatic carbocycles. The zero-order valence-electron chi connectivity index (χ0n) is 19.9. The maximum absolute atomic E-state index is 12.4. The molecule has 0 spiro atoms. The smallest absolute Gasteiger partial charge is 0.410 e. The predicted octanol–water partition coefficient (Wildman–Crippen LogP) is 5.55. The van der Waals surface area contributed by atoms with E-state index in [1.807, 2.05) is 26.8 Å². The molecule has 168 valence electrons. The van der Waals surface area contributed by atoms with Gasteiger partial charge in [-0.1, -0.05) is 27.7 Å². The summed E-state index contributed by atoms with van der Waals surface area (Å²) in [7, 11) is 0. The summed E-state index contributed by atoms with van der Waals surface area (Å²) in [6, 6.07) is 5.83. The summed E-state index contributed by atoms with van der Waals surface area (Å²) < 4.78 is 5.54. The first-order chi connectivity index (χ1) is 13.8. The normalized spacial score (nSPS) is 27.1. The molecule has 1 aromatic rings. The molecule has 1 saturated heterocycles. The SMILES string of the molecule is CC1CC(C)(C)CCC1(C)c1cc(O)ccc1N1CCN(C(=O)OC(C)(C)C)CC1. The number of ether oxygens (including phenoxy) is 1. The number of anilines is 1. The standard InChI is InChI=1S/C25H40N2O3/c1-18-17-24(5,6)10-11-25(18,7)20-16-19(28)8-9-21(20)26-12-14-27(15-13-26)22(29)30-23(2,3)4/h8-9,16,18,28H,10-15,17H2,1-7H3. The van der Waals surface area contributed by atoms with Crippen LogP contribution in [0.1, 0.15) is 73.3 Å². The van der Waals surface area contributed by atoms with E-state index in [2.05, 4.69) is 38.7 Å². The van der Waals surface area contributed by atoms with Gasteiger partial charge < -0.3 is 19.6 Å². The van der Waals surface area contributed by atoms with Crippen molar-refractivity contribution in [2.24, 2.45) is 11.3 Å². The number of hydrogen-bond donors (Lipinski definition) is 1. The molecule has 5 heteroatoms. The molecule has 2 unspecified atom stereocenters. The van der Waals surface area contributed by atoms with Gasteiger partial charge in [-0.15, -0.1) is 0 Å². The highest BCUT2D eigenvalue weighted by Crippen LogP contribution is 2.52. The van der Waals surface area contributed by atoms with Gasteiger partial charge in [0.15, 0.2) is 0 Å². The molecule has 3 rings (SSSR count). The van der Waals surface area contributed by atoms with Crippen molar-refractivity contribution in [3.8, 4) is 5.75 Å². The summed E-state index contributed by atoms with van der Waals surface area (Å²) in [4.78, 5) is 16.6. The van der Waals surface area contributed by atoms with Crippen molar-refractivity contribution in [3.05, 3.63) is 23.8 Å². The van der Waals surface area contributed by atoms with Gasteiger partial charge in [-0.3, -0.25) is 0 Å². The Kier molecular flexibility index (Phi) is 6.05. The molecule has 1 saturated carbocycles. The highest BCUT2D eigenvalue weighted by molar-refractivity contribution is 5.69. The Balaban J connectivity index is 1.80. The fourth-order valence-corrected chi connectivity index (χ4v) is 5.11. The monoisotopic (exact) mass is 416 g/mol.